The summed E-state index contributed by atoms with van der Waals surface area (Å²) < 4.78 is 6.13. The van der Waals surface area contributed by atoms with Gasteiger partial charge in [-0.2, -0.15) is 0 Å². The van der Waals surface area contributed by atoms with Crippen LogP contribution in [0.15, 0.2) is 78.9 Å². The van der Waals surface area contributed by atoms with Crippen LogP contribution in [0.1, 0.15) is 51.5 Å². The van der Waals surface area contributed by atoms with Gasteiger partial charge in [0, 0.05) is 31.2 Å². The molecule has 1 heterocycles. The molecular formula is C30H32N2O3. The largest absolute Gasteiger partial charge is 0.378 e. The first kappa shape index (κ1) is 23.3. The monoisotopic (exact) mass is 468 g/mol. The van der Waals surface area contributed by atoms with Crippen LogP contribution < -0.4 is 5.32 Å². The van der Waals surface area contributed by atoms with E-state index in [2.05, 4.69) is 23.5 Å². The Hall–Kier alpha value is -3.44. The Morgan fingerprint density at radius 1 is 0.971 bits per heavy atom. The highest BCUT2D eigenvalue weighted by Gasteiger charge is 2.54. The first-order valence-electron chi connectivity index (χ1n) is 12.3. The van der Waals surface area contributed by atoms with Crippen molar-refractivity contribution in [2.75, 3.05) is 20.2 Å². The Morgan fingerprint density at radius 2 is 1.69 bits per heavy atom. The zero-order valence-electron chi connectivity index (χ0n) is 20.4. The van der Waals surface area contributed by atoms with E-state index in [-0.39, 0.29) is 29.4 Å². The molecule has 1 aliphatic heterocycles. The molecule has 0 radical (unpaired) electrons. The molecule has 2 atom stereocenters. The van der Waals surface area contributed by atoms with Crippen molar-refractivity contribution in [3.63, 3.8) is 0 Å². The number of hydrogen-bond acceptors (Lipinski definition) is 3. The Kier molecular flexibility index (Phi) is 6.44. The lowest BCUT2D eigenvalue weighted by molar-refractivity contribution is -0.122. The molecule has 3 aromatic carbocycles. The van der Waals surface area contributed by atoms with E-state index < -0.39 is 0 Å². The van der Waals surface area contributed by atoms with E-state index in [9.17, 15) is 9.59 Å². The maximum atomic E-state index is 13.2. The van der Waals surface area contributed by atoms with Crippen molar-refractivity contribution in [2.45, 2.75) is 43.7 Å². The lowest BCUT2D eigenvalue weighted by atomic mass is 9.71. The summed E-state index contributed by atoms with van der Waals surface area (Å²) in [6.07, 6.45) is 1.74. The van der Waals surface area contributed by atoms with Crippen molar-refractivity contribution in [2.24, 2.45) is 0 Å². The molecule has 0 aromatic heterocycles. The second kappa shape index (κ2) is 9.67. The summed E-state index contributed by atoms with van der Waals surface area (Å²) in [6, 6.07) is 25.7. The van der Waals surface area contributed by atoms with Crippen LogP contribution in [-0.2, 0) is 21.4 Å². The molecule has 0 saturated carbocycles. The van der Waals surface area contributed by atoms with Crippen LogP contribution in [0, 0.1) is 6.92 Å². The van der Waals surface area contributed by atoms with Crippen molar-refractivity contribution in [1.82, 2.24) is 10.2 Å². The van der Waals surface area contributed by atoms with E-state index in [1.165, 1.54) is 5.56 Å². The van der Waals surface area contributed by atoms with E-state index in [0.717, 1.165) is 35.1 Å². The maximum Gasteiger partial charge on any atom is 0.253 e. The number of carbonyl (C=O) groups is 2. The number of hydrogen-bond donors (Lipinski definition) is 1. The number of nitrogens with one attached hydrogen (secondary N) is 1. The fourth-order valence-corrected chi connectivity index (χ4v) is 6.00. The molecule has 1 N–H and O–H groups in total. The van der Waals surface area contributed by atoms with Gasteiger partial charge in [-0.25, -0.2) is 0 Å². The standard InChI is InChI=1S/C30H32N2O3/c1-21-9-8-12-23(19-21)29(34)32-17-15-30(16-18-32)25-14-7-6-13-24(25)27(28(30)35-2)31-26(33)20-22-10-4-3-5-11-22/h3-14,19,27-28H,15-18,20H2,1-2H3,(H,31,33)/t27-,28+/m1/s1. The van der Waals surface area contributed by atoms with Gasteiger partial charge in [-0.15, -0.1) is 0 Å². The van der Waals surface area contributed by atoms with E-state index in [0.29, 0.717) is 19.5 Å². The highest BCUT2D eigenvalue weighted by atomic mass is 16.5. The molecule has 180 valence electrons. The number of fused-ring (bicyclic) bond motifs is 2. The first-order valence-corrected chi connectivity index (χ1v) is 12.3. The topological polar surface area (TPSA) is 58.6 Å². The average Bonchev–Trinajstić information content (AvgIpc) is 3.13. The molecule has 5 nitrogen and oxygen atoms in total. The minimum Gasteiger partial charge on any atom is -0.378 e. The van der Waals surface area contributed by atoms with E-state index in [1.807, 2.05) is 72.5 Å². The van der Waals surface area contributed by atoms with Gasteiger partial charge in [-0.3, -0.25) is 9.59 Å². The van der Waals surface area contributed by atoms with Crippen molar-refractivity contribution in [1.29, 1.82) is 0 Å². The minimum atomic E-state index is -0.237. The van der Waals surface area contributed by atoms with E-state index in [4.69, 9.17) is 4.74 Å². The van der Waals surface area contributed by atoms with Crippen molar-refractivity contribution in [3.05, 3.63) is 107 Å². The number of aryl methyl sites for hydroxylation is 1. The molecule has 5 heteroatoms. The van der Waals surface area contributed by atoms with Crippen LogP contribution in [0.2, 0.25) is 0 Å². The third-order valence-electron chi connectivity index (χ3n) is 7.67. The molecule has 2 amide bonds. The van der Waals surface area contributed by atoms with Gasteiger partial charge in [-0.1, -0.05) is 72.3 Å². The highest BCUT2D eigenvalue weighted by Crippen LogP contribution is 2.52. The molecule has 2 aliphatic rings. The SMILES string of the molecule is CO[C@H]1[C@H](NC(=O)Cc2ccccc2)c2ccccc2C12CCN(C(=O)c1cccc(C)c1)CC2. The quantitative estimate of drug-likeness (QED) is 0.596. The number of nitrogens with zero attached hydrogens (tertiary/aromatic N) is 1. The molecule has 1 spiro atoms. The fraction of sp³-hybridized carbons (Fsp3) is 0.333. The van der Waals surface area contributed by atoms with Crippen molar-refractivity contribution < 1.29 is 14.3 Å². The van der Waals surface area contributed by atoms with Crippen LogP contribution in [0.5, 0.6) is 0 Å². The summed E-state index contributed by atoms with van der Waals surface area (Å²) in [5.74, 6) is 0.0682. The predicted octanol–water partition coefficient (Wildman–Crippen LogP) is 4.60. The zero-order valence-corrected chi connectivity index (χ0v) is 20.4. The highest BCUT2D eigenvalue weighted by molar-refractivity contribution is 5.94. The van der Waals surface area contributed by atoms with Gasteiger partial charge in [-0.05, 0) is 48.6 Å². The molecule has 5 rings (SSSR count). The molecule has 0 unspecified atom stereocenters. The van der Waals surface area contributed by atoms with Gasteiger partial charge in [0.2, 0.25) is 5.91 Å². The average molecular weight is 469 g/mol. The van der Waals surface area contributed by atoms with Crippen molar-refractivity contribution >= 4 is 11.8 Å². The number of ether oxygens (including phenoxy) is 1. The maximum absolute atomic E-state index is 13.2. The van der Waals surface area contributed by atoms with E-state index >= 15 is 0 Å². The van der Waals surface area contributed by atoms with Crippen LogP contribution in [0.25, 0.3) is 0 Å². The Bertz CT molecular complexity index is 1220. The molecular weight excluding hydrogens is 436 g/mol. The summed E-state index contributed by atoms with van der Waals surface area (Å²) in [6.45, 7) is 3.32. The molecule has 3 aromatic rings. The number of carbonyl (C=O) groups excluding carboxylic acids is 2. The van der Waals surface area contributed by atoms with E-state index in [1.54, 1.807) is 7.11 Å². The number of amides is 2. The number of rotatable bonds is 5. The van der Waals surface area contributed by atoms with Crippen LogP contribution >= 0.6 is 0 Å². The van der Waals surface area contributed by atoms with Crippen LogP contribution in [-0.4, -0.2) is 43.0 Å². The number of methoxy groups -OCH3 is 1. The Morgan fingerprint density at radius 3 is 2.40 bits per heavy atom. The molecule has 1 aliphatic carbocycles. The molecule has 1 fully saturated rings. The molecule has 0 bridgehead atoms. The second-order valence-electron chi connectivity index (χ2n) is 9.77. The van der Waals surface area contributed by atoms with Crippen molar-refractivity contribution in [3.8, 4) is 0 Å². The van der Waals surface area contributed by atoms with Gasteiger partial charge in [0.05, 0.1) is 18.6 Å². The third-order valence-corrected chi connectivity index (χ3v) is 7.67. The summed E-state index contributed by atoms with van der Waals surface area (Å²) >= 11 is 0. The first-order chi connectivity index (χ1) is 17.0. The Labute approximate surface area is 207 Å². The van der Waals surface area contributed by atoms with Gasteiger partial charge >= 0.3 is 0 Å². The second-order valence-corrected chi connectivity index (χ2v) is 9.77. The van der Waals surface area contributed by atoms with Gasteiger partial charge < -0.3 is 15.0 Å². The minimum absolute atomic E-state index is 0.0119. The van der Waals surface area contributed by atoms with Gasteiger partial charge in [0.1, 0.15) is 0 Å². The fourth-order valence-electron chi connectivity index (χ4n) is 6.00. The Balaban J connectivity index is 1.37. The lowest BCUT2D eigenvalue weighted by Crippen LogP contribution is -2.51. The summed E-state index contributed by atoms with van der Waals surface area (Å²) in [7, 11) is 1.74. The molecule has 35 heavy (non-hydrogen) atoms. The number of likely N-dealkylation sites (tertiary alicyclic amines) is 1. The third kappa shape index (κ3) is 4.37. The summed E-state index contributed by atoms with van der Waals surface area (Å²) in [4.78, 5) is 28.1. The smallest absolute Gasteiger partial charge is 0.253 e. The summed E-state index contributed by atoms with van der Waals surface area (Å²) in [5.41, 5.74) is 4.94. The normalized spacial score (nSPS) is 20.5. The number of benzene rings is 3. The van der Waals surface area contributed by atoms with Gasteiger partial charge in [0.25, 0.3) is 5.91 Å². The zero-order chi connectivity index (χ0) is 24.4. The van der Waals surface area contributed by atoms with Crippen LogP contribution in [0.3, 0.4) is 0 Å². The number of piperidine rings is 1. The molecule has 1 saturated heterocycles. The predicted molar refractivity (Wildman–Crippen MR) is 136 cm³/mol. The van der Waals surface area contributed by atoms with Crippen LogP contribution in [0.4, 0.5) is 0 Å². The lowest BCUT2D eigenvalue weighted by Gasteiger charge is -2.44. The summed E-state index contributed by atoms with van der Waals surface area (Å²) in [5, 5.41) is 3.28. The van der Waals surface area contributed by atoms with Gasteiger partial charge in [0.15, 0.2) is 0 Å².